The minimum absolute atomic E-state index is 0.531. The van der Waals surface area contributed by atoms with Crippen LogP contribution >= 0.6 is 23.2 Å². The third-order valence-electron chi connectivity index (χ3n) is 1.32. The van der Waals surface area contributed by atoms with Crippen LogP contribution in [0.4, 0.5) is 17.6 Å². The summed E-state index contributed by atoms with van der Waals surface area (Å²) in [6, 6.07) is 0. The van der Waals surface area contributed by atoms with Gasteiger partial charge in [0.15, 0.2) is 0 Å². The molecule has 0 radical (unpaired) electrons. The zero-order valence-corrected chi connectivity index (χ0v) is 9.91. The van der Waals surface area contributed by atoms with Crippen LogP contribution in [0, 0.1) is 0 Å². The summed E-state index contributed by atoms with van der Waals surface area (Å²) in [5.41, 5.74) is 0. The minimum Gasteiger partial charge on any atom is -0.409 e. The maximum atomic E-state index is 12.9. The first-order valence-electron chi connectivity index (χ1n) is 3.86. The molecule has 0 spiro atoms. The van der Waals surface area contributed by atoms with Gasteiger partial charge in [-0.25, -0.2) is 0 Å². The highest BCUT2D eigenvalue weighted by atomic mass is 35.5. The van der Waals surface area contributed by atoms with E-state index in [2.05, 4.69) is 32.7 Å². The van der Waals surface area contributed by atoms with Crippen LogP contribution in [0.15, 0.2) is 0 Å². The molecule has 0 aliphatic heterocycles. The van der Waals surface area contributed by atoms with Gasteiger partial charge >= 0.3 is 28.5 Å². The molecule has 0 N–H and O–H groups in total. The van der Waals surface area contributed by atoms with Crippen molar-refractivity contribution in [3.8, 4) is 0 Å². The fourth-order valence-corrected chi connectivity index (χ4v) is 1.26. The van der Waals surface area contributed by atoms with Crippen molar-refractivity contribution in [3.63, 3.8) is 0 Å². The molecule has 0 bridgehead atoms. The lowest BCUT2D eigenvalue weighted by Gasteiger charge is -2.36. The van der Waals surface area contributed by atoms with Crippen molar-refractivity contribution >= 4 is 35.1 Å². The molecule has 0 aliphatic carbocycles. The number of alkyl halides is 6. The Hall–Kier alpha value is -0.760. The van der Waals surface area contributed by atoms with Gasteiger partial charge < -0.3 is 9.47 Å². The predicted molar refractivity (Wildman–Crippen MR) is 47.9 cm³/mol. The Kier molecular flexibility index (Phi) is 4.63. The van der Waals surface area contributed by atoms with Crippen LogP contribution in [0.5, 0.6) is 0 Å². The van der Waals surface area contributed by atoms with E-state index in [1.165, 1.54) is 0 Å². The molecule has 0 unspecified atom stereocenters. The molecule has 0 aromatic heterocycles. The van der Waals surface area contributed by atoms with Crippen molar-refractivity contribution in [1.82, 2.24) is 0 Å². The molecule has 0 atom stereocenters. The largest absolute Gasteiger partial charge is 0.416 e. The average molecular weight is 301 g/mol. The first-order chi connectivity index (χ1) is 7.33. The second kappa shape index (κ2) is 4.85. The number of esters is 2. The van der Waals surface area contributed by atoms with E-state index < -0.39 is 28.5 Å². The van der Waals surface area contributed by atoms with Gasteiger partial charge in [0.05, 0.1) is 0 Å². The van der Waals surface area contributed by atoms with Crippen LogP contribution in [0.1, 0.15) is 13.8 Å². The summed E-state index contributed by atoms with van der Waals surface area (Å²) in [5.74, 6) is -7.60. The second-order valence-electron chi connectivity index (χ2n) is 2.80. The Labute approximate surface area is 103 Å². The number of carbonyl (C=O) groups is 2. The minimum atomic E-state index is -4.93. The third-order valence-corrected chi connectivity index (χ3v) is 1.82. The molecular formula is C7H6Cl2F4O4. The molecular weight excluding hydrogens is 295 g/mol. The fourth-order valence-electron chi connectivity index (χ4n) is 0.818. The van der Waals surface area contributed by atoms with Gasteiger partial charge in [0.2, 0.25) is 0 Å². The molecule has 100 valence electrons. The summed E-state index contributed by atoms with van der Waals surface area (Å²) in [6.45, 7) is 1.06. The lowest BCUT2D eigenvalue weighted by atomic mass is 10.3. The van der Waals surface area contributed by atoms with Gasteiger partial charge in [-0.2, -0.15) is 17.6 Å². The lowest BCUT2D eigenvalue weighted by Crippen LogP contribution is -2.61. The van der Waals surface area contributed by atoms with E-state index in [1.54, 1.807) is 0 Å². The quantitative estimate of drug-likeness (QED) is 0.346. The van der Waals surface area contributed by atoms with Gasteiger partial charge in [-0.3, -0.25) is 9.59 Å². The highest BCUT2D eigenvalue weighted by molar-refractivity contribution is 6.26. The van der Waals surface area contributed by atoms with Crippen molar-refractivity contribution in [1.29, 1.82) is 0 Å². The monoisotopic (exact) mass is 300 g/mol. The molecule has 10 heteroatoms. The zero-order valence-electron chi connectivity index (χ0n) is 8.40. The van der Waals surface area contributed by atoms with Gasteiger partial charge in [0.25, 0.3) is 0 Å². The summed E-state index contributed by atoms with van der Waals surface area (Å²) in [5, 5.41) is -9.87. The normalized spacial score (nSPS) is 13.2. The summed E-state index contributed by atoms with van der Waals surface area (Å²) >= 11 is 8.75. The maximum Gasteiger partial charge on any atom is 0.416 e. The lowest BCUT2D eigenvalue weighted by molar-refractivity contribution is -0.337. The van der Waals surface area contributed by atoms with Gasteiger partial charge in [-0.1, -0.05) is 0 Å². The summed E-state index contributed by atoms with van der Waals surface area (Å²) in [4.78, 5) is 21.1. The molecule has 0 aromatic rings. The standard InChI is InChI=1S/C7H6Cl2F4O4/c1-3(14)16-5(6(8,10)11,7(9,12)13)17-4(2)15/h1-2H3. The Morgan fingerprint density at radius 1 is 0.882 bits per heavy atom. The summed E-state index contributed by atoms with van der Waals surface area (Å²) in [6.07, 6.45) is 0. The van der Waals surface area contributed by atoms with E-state index in [0.717, 1.165) is 0 Å². The maximum absolute atomic E-state index is 12.9. The number of ether oxygens (including phenoxy) is 2. The Balaban J connectivity index is 5.71. The van der Waals surface area contributed by atoms with Crippen LogP contribution in [0.3, 0.4) is 0 Å². The SMILES string of the molecule is CC(=O)OC(OC(C)=O)(C(F)(F)Cl)C(F)(F)Cl. The molecule has 0 fully saturated rings. The van der Waals surface area contributed by atoms with E-state index in [9.17, 15) is 27.2 Å². The van der Waals surface area contributed by atoms with Gasteiger partial charge in [0, 0.05) is 13.8 Å². The second-order valence-corrected chi connectivity index (χ2v) is 3.75. The average Bonchev–Trinajstić information content (AvgIpc) is 1.96. The molecule has 0 aliphatic rings. The Morgan fingerprint density at radius 2 is 1.12 bits per heavy atom. The molecule has 4 nitrogen and oxygen atoms in total. The van der Waals surface area contributed by atoms with E-state index in [4.69, 9.17) is 0 Å². The predicted octanol–water partition coefficient (Wildman–Crippen LogP) is 2.47. The molecule has 0 saturated carbocycles. The zero-order chi connectivity index (χ0) is 14.1. The number of hydrogen-bond acceptors (Lipinski definition) is 4. The topological polar surface area (TPSA) is 52.6 Å². The third kappa shape index (κ3) is 3.60. The van der Waals surface area contributed by atoms with E-state index >= 15 is 0 Å². The van der Waals surface area contributed by atoms with Crippen LogP contribution < -0.4 is 0 Å². The van der Waals surface area contributed by atoms with E-state index in [-0.39, 0.29) is 0 Å². The van der Waals surface area contributed by atoms with Crippen LogP contribution in [0.2, 0.25) is 0 Å². The highest BCUT2D eigenvalue weighted by Crippen LogP contribution is 2.49. The molecule has 0 rings (SSSR count). The van der Waals surface area contributed by atoms with Crippen LogP contribution in [-0.2, 0) is 19.1 Å². The molecule has 0 heterocycles. The fraction of sp³-hybridized carbons (Fsp3) is 0.714. The van der Waals surface area contributed by atoms with E-state index in [0.29, 0.717) is 13.8 Å². The molecule has 0 saturated heterocycles. The van der Waals surface area contributed by atoms with Crippen molar-refractivity contribution in [2.75, 3.05) is 0 Å². The van der Waals surface area contributed by atoms with Crippen molar-refractivity contribution < 1.29 is 36.6 Å². The summed E-state index contributed by atoms with van der Waals surface area (Å²) < 4.78 is 58.9. The smallest absolute Gasteiger partial charge is 0.409 e. The Bertz CT molecular complexity index is 291. The van der Waals surface area contributed by atoms with Crippen LogP contribution in [0.25, 0.3) is 0 Å². The molecule has 17 heavy (non-hydrogen) atoms. The van der Waals surface area contributed by atoms with E-state index in [1.807, 2.05) is 0 Å². The van der Waals surface area contributed by atoms with Gasteiger partial charge in [-0.05, 0) is 23.2 Å². The van der Waals surface area contributed by atoms with Gasteiger partial charge in [-0.15, -0.1) is 0 Å². The number of rotatable bonds is 4. The molecule has 0 amide bonds. The first kappa shape index (κ1) is 16.2. The number of carbonyl (C=O) groups excluding carboxylic acids is 2. The summed E-state index contributed by atoms with van der Waals surface area (Å²) in [7, 11) is 0. The molecule has 0 aromatic carbocycles. The Morgan fingerprint density at radius 3 is 1.24 bits per heavy atom. The van der Waals surface area contributed by atoms with Crippen molar-refractivity contribution in [2.45, 2.75) is 30.4 Å². The van der Waals surface area contributed by atoms with Crippen molar-refractivity contribution in [2.24, 2.45) is 0 Å². The van der Waals surface area contributed by atoms with Gasteiger partial charge in [0.1, 0.15) is 0 Å². The number of halogens is 6. The first-order valence-corrected chi connectivity index (χ1v) is 4.61. The van der Waals surface area contributed by atoms with Crippen LogP contribution in [-0.4, -0.2) is 28.5 Å². The van der Waals surface area contributed by atoms with Crippen molar-refractivity contribution in [3.05, 3.63) is 0 Å². The highest BCUT2D eigenvalue weighted by Gasteiger charge is 2.74. The number of hydrogen-bond donors (Lipinski definition) is 0.